The van der Waals surface area contributed by atoms with Crippen molar-refractivity contribution in [1.29, 1.82) is 0 Å². The third-order valence-electron chi connectivity index (χ3n) is 3.26. The molecule has 1 fully saturated rings. The zero-order valence-electron chi connectivity index (χ0n) is 11.1. The lowest BCUT2D eigenvalue weighted by Crippen LogP contribution is -2.18. The van der Waals surface area contributed by atoms with Gasteiger partial charge < -0.3 is 15.8 Å². The summed E-state index contributed by atoms with van der Waals surface area (Å²) in [5, 5.41) is 3.36. The molecule has 1 aliphatic rings. The molecule has 1 aromatic rings. The summed E-state index contributed by atoms with van der Waals surface area (Å²) in [5.74, 6) is 2.86. The van der Waals surface area contributed by atoms with E-state index in [4.69, 9.17) is 10.5 Å². The van der Waals surface area contributed by atoms with Crippen LogP contribution in [-0.4, -0.2) is 29.2 Å². The Morgan fingerprint density at radius 3 is 2.94 bits per heavy atom. The maximum atomic E-state index is 5.91. The minimum atomic E-state index is 0.378. The van der Waals surface area contributed by atoms with E-state index >= 15 is 0 Å². The lowest BCUT2D eigenvalue weighted by atomic mass is 10.1. The molecule has 0 aliphatic heterocycles. The molecule has 2 rings (SSSR count). The summed E-state index contributed by atoms with van der Waals surface area (Å²) in [5.41, 5.74) is 5.91. The molecule has 0 saturated heterocycles. The molecule has 100 valence electrons. The van der Waals surface area contributed by atoms with Crippen LogP contribution in [0.4, 0.5) is 5.82 Å². The number of rotatable bonds is 5. The molecule has 18 heavy (non-hydrogen) atoms. The number of anilines is 1. The van der Waals surface area contributed by atoms with Crippen molar-refractivity contribution in [1.82, 2.24) is 9.97 Å². The van der Waals surface area contributed by atoms with E-state index in [1.165, 1.54) is 6.42 Å². The van der Waals surface area contributed by atoms with Gasteiger partial charge in [0.1, 0.15) is 11.6 Å². The quantitative estimate of drug-likeness (QED) is 0.832. The summed E-state index contributed by atoms with van der Waals surface area (Å²) >= 11 is 0. The predicted octanol–water partition coefficient (Wildman–Crippen LogP) is 1.72. The topological polar surface area (TPSA) is 73.1 Å². The highest BCUT2D eigenvalue weighted by molar-refractivity contribution is 5.38. The normalized spacial score (nSPS) is 23.1. The van der Waals surface area contributed by atoms with Crippen LogP contribution in [0.2, 0.25) is 0 Å². The highest BCUT2D eigenvalue weighted by Gasteiger charge is 2.21. The Morgan fingerprint density at radius 2 is 2.28 bits per heavy atom. The minimum Gasteiger partial charge on any atom is -0.478 e. The van der Waals surface area contributed by atoms with E-state index in [1.54, 1.807) is 0 Å². The SMILES string of the molecule is CCOc1cc(NCC2CCC(N)C2)nc(C)n1. The van der Waals surface area contributed by atoms with E-state index in [-0.39, 0.29) is 0 Å². The van der Waals surface area contributed by atoms with E-state index in [0.29, 0.717) is 24.4 Å². The molecule has 0 spiro atoms. The maximum Gasteiger partial charge on any atom is 0.218 e. The molecular formula is C13H22N4O. The first kappa shape index (κ1) is 13.1. The molecule has 0 bridgehead atoms. The number of aromatic nitrogens is 2. The van der Waals surface area contributed by atoms with Crippen LogP contribution in [0, 0.1) is 12.8 Å². The van der Waals surface area contributed by atoms with Crippen LogP contribution in [0.1, 0.15) is 32.0 Å². The molecule has 3 N–H and O–H groups in total. The third-order valence-corrected chi connectivity index (χ3v) is 3.26. The van der Waals surface area contributed by atoms with Gasteiger partial charge in [-0.2, -0.15) is 4.98 Å². The second-order valence-electron chi connectivity index (χ2n) is 4.89. The van der Waals surface area contributed by atoms with E-state index < -0.39 is 0 Å². The number of hydrogen-bond donors (Lipinski definition) is 2. The number of nitrogens with zero attached hydrogens (tertiary/aromatic N) is 2. The van der Waals surface area contributed by atoms with Crippen molar-refractivity contribution in [3.05, 3.63) is 11.9 Å². The first-order chi connectivity index (χ1) is 8.67. The zero-order valence-corrected chi connectivity index (χ0v) is 11.1. The first-order valence-corrected chi connectivity index (χ1v) is 6.65. The lowest BCUT2D eigenvalue weighted by Gasteiger charge is -2.12. The van der Waals surface area contributed by atoms with Gasteiger partial charge in [0.2, 0.25) is 5.88 Å². The van der Waals surface area contributed by atoms with Gasteiger partial charge >= 0.3 is 0 Å². The number of ether oxygens (including phenoxy) is 1. The van der Waals surface area contributed by atoms with E-state index in [2.05, 4.69) is 15.3 Å². The van der Waals surface area contributed by atoms with Gasteiger partial charge in [-0.1, -0.05) is 0 Å². The van der Waals surface area contributed by atoms with Crippen molar-refractivity contribution in [2.24, 2.45) is 11.7 Å². The molecule has 1 aromatic heterocycles. The van der Waals surface area contributed by atoms with Crippen molar-refractivity contribution in [2.75, 3.05) is 18.5 Å². The van der Waals surface area contributed by atoms with Crippen molar-refractivity contribution >= 4 is 5.82 Å². The van der Waals surface area contributed by atoms with Crippen LogP contribution in [0.15, 0.2) is 6.07 Å². The van der Waals surface area contributed by atoms with Crippen LogP contribution in [0.5, 0.6) is 5.88 Å². The second-order valence-corrected chi connectivity index (χ2v) is 4.89. The Hall–Kier alpha value is -1.36. The number of aryl methyl sites for hydroxylation is 1. The second kappa shape index (κ2) is 6.00. The third kappa shape index (κ3) is 3.57. The maximum absolute atomic E-state index is 5.91. The fraction of sp³-hybridized carbons (Fsp3) is 0.692. The molecule has 5 heteroatoms. The molecule has 1 aliphatic carbocycles. The summed E-state index contributed by atoms with van der Waals surface area (Å²) in [7, 11) is 0. The molecule has 2 atom stereocenters. The fourth-order valence-corrected chi connectivity index (χ4v) is 2.40. The van der Waals surface area contributed by atoms with Gasteiger partial charge in [-0.3, -0.25) is 0 Å². The first-order valence-electron chi connectivity index (χ1n) is 6.65. The smallest absolute Gasteiger partial charge is 0.218 e. The summed E-state index contributed by atoms with van der Waals surface area (Å²) in [6.07, 6.45) is 3.45. The van der Waals surface area contributed by atoms with Crippen molar-refractivity contribution in [3.8, 4) is 5.88 Å². The minimum absolute atomic E-state index is 0.378. The zero-order chi connectivity index (χ0) is 13.0. The molecule has 0 aromatic carbocycles. The molecule has 5 nitrogen and oxygen atoms in total. The lowest BCUT2D eigenvalue weighted by molar-refractivity contribution is 0.325. The number of nitrogens with two attached hydrogens (primary N) is 1. The van der Waals surface area contributed by atoms with E-state index in [9.17, 15) is 0 Å². The van der Waals surface area contributed by atoms with E-state index in [1.807, 2.05) is 19.9 Å². The fourth-order valence-electron chi connectivity index (χ4n) is 2.40. The van der Waals surface area contributed by atoms with Crippen LogP contribution in [0.3, 0.4) is 0 Å². The van der Waals surface area contributed by atoms with Crippen LogP contribution in [-0.2, 0) is 0 Å². The molecule has 0 radical (unpaired) electrons. The Kier molecular flexibility index (Phi) is 4.36. The molecule has 0 amide bonds. The van der Waals surface area contributed by atoms with Gasteiger partial charge in [-0.05, 0) is 39.0 Å². The van der Waals surface area contributed by atoms with Gasteiger partial charge in [-0.15, -0.1) is 0 Å². The van der Waals surface area contributed by atoms with Gasteiger partial charge in [0.25, 0.3) is 0 Å². The van der Waals surface area contributed by atoms with Crippen molar-refractivity contribution < 1.29 is 4.74 Å². The monoisotopic (exact) mass is 250 g/mol. The predicted molar refractivity (Wildman–Crippen MR) is 71.7 cm³/mol. The van der Waals surface area contributed by atoms with Crippen LogP contribution >= 0.6 is 0 Å². The Labute approximate surface area is 108 Å². The summed E-state index contributed by atoms with van der Waals surface area (Å²) < 4.78 is 5.41. The molecule has 2 unspecified atom stereocenters. The van der Waals surface area contributed by atoms with E-state index in [0.717, 1.165) is 31.0 Å². The summed E-state index contributed by atoms with van der Waals surface area (Å²) in [4.78, 5) is 8.58. The van der Waals surface area contributed by atoms with Crippen molar-refractivity contribution in [2.45, 2.75) is 39.2 Å². The van der Waals surface area contributed by atoms with Crippen LogP contribution < -0.4 is 15.8 Å². The van der Waals surface area contributed by atoms with Gasteiger partial charge in [0.05, 0.1) is 6.61 Å². The summed E-state index contributed by atoms with van der Waals surface area (Å²) in [6.45, 7) is 5.37. The number of nitrogens with one attached hydrogen (secondary N) is 1. The highest BCUT2D eigenvalue weighted by atomic mass is 16.5. The van der Waals surface area contributed by atoms with Gasteiger partial charge in [-0.25, -0.2) is 4.98 Å². The number of hydrogen-bond acceptors (Lipinski definition) is 5. The molecule has 1 heterocycles. The Bertz CT molecular complexity index is 397. The largest absolute Gasteiger partial charge is 0.478 e. The highest BCUT2D eigenvalue weighted by Crippen LogP contribution is 2.24. The Balaban J connectivity index is 1.92. The van der Waals surface area contributed by atoms with Gasteiger partial charge in [0, 0.05) is 18.7 Å². The Morgan fingerprint density at radius 1 is 1.44 bits per heavy atom. The average molecular weight is 250 g/mol. The average Bonchev–Trinajstić information content (AvgIpc) is 2.72. The summed E-state index contributed by atoms with van der Waals surface area (Å²) in [6, 6.07) is 2.23. The van der Waals surface area contributed by atoms with Crippen LogP contribution in [0.25, 0.3) is 0 Å². The van der Waals surface area contributed by atoms with Gasteiger partial charge in [0.15, 0.2) is 0 Å². The molecular weight excluding hydrogens is 228 g/mol. The standard InChI is InChI=1S/C13H22N4O/c1-3-18-13-7-12(16-9(2)17-13)15-8-10-4-5-11(14)6-10/h7,10-11H,3-6,8,14H2,1-2H3,(H,15,16,17). The van der Waals surface area contributed by atoms with Crippen molar-refractivity contribution in [3.63, 3.8) is 0 Å². The molecule has 1 saturated carbocycles.